The molecule has 318 valence electrons. The highest BCUT2D eigenvalue weighted by atomic mass is 32.2. The van der Waals surface area contributed by atoms with Crippen LogP contribution in [0.1, 0.15) is 39.7 Å². The maximum atomic E-state index is 13.9. The van der Waals surface area contributed by atoms with Crippen LogP contribution in [0.4, 0.5) is 4.79 Å². The molecule has 3 aromatic rings. The molecule has 5 rings (SSSR count). The number of rotatable bonds is 21. The highest BCUT2D eigenvalue weighted by Gasteiger charge is 2.44. The first kappa shape index (κ1) is 44.9. The second-order valence-corrected chi connectivity index (χ2v) is 18.1. The maximum Gasteiger partial charge on any atom is 0.417 e. The van der Waals surface area contributed by atoms with Gasteiger partial charge >= 0.3 is 19.7 Å². The Labute approximate surface area is 339 Å². The molecule has 2 heterocycles. The molecule has 2 aliphatic rings. The van der Waals surface area contributed by atoms with Crippen LogP contribution in [0.25, 0.3) is 0 Å². The van der Waals surface area contributed by atoms with Crippen LogP contribution in [0.15, 0.2) is 83.8 Å². The van der Waals surface area contributed by atoms with Crippen molar-refractivity contribution in [1.82, 2.24) is 9.62 Å². The molecular formula is C40H53N2O14PS. The molecule has 0 radical (unpaired) electrons. The Hall–Kier alpha value is -4.22. The highest BCUT2D eigenvalue weighted by Crippen LogP contribution is 2.49. The zero-order chi connectivity index (χ0) is 41.9. The van der Waals surface area contributed by atoms with Gasteiger partial charge in [0.2, 0.25) is 16.4 Å². The van der Waals surface area contributed by atoms with E-state index in [9.17, 15) is 27.7 Å². The summed E-state index contributed by atoms with van der Waals surface area (Å²) in [7, 11) is -6.68. The Morgan fingerprint density at radius 2 is 1.64 bits per heavy atom. The summed E-state index contributed by atoms with van der Waals surface area (Å²) in [5, 5.41) is 14.5. The standard InChI is InChI=1S/C40H53N2O14PS/c1-6-50-38(44)28(4)55-57(46,56-32-10-8-7-9-11-32)26-53-31-14-12-29(13-15-31)22-35(41-40(45)54-37-25-52-39-34(37)20-21-51-39)36(43)24-42(23-27(2)3)58(47,48)33-18-16-30(49-5)17-19-33/h7-19,27-28,34-37,39,43H,6,20-26H2,1-5H3,(H,41,45)/t28-,34?,35-,36+,37-,39+,57?/m0/s1. The van der Waals surface area contributed by atoms with Crippen LogP contribution in [-0.2, 0) is 49.3 Å². The van der Waals surface area contributed by atoms with Crippen LogP contribution in [0.2, 0.25) is 0 Å². The molecule has 1 amide bonds. The number of esters is 1. The van der Waals surface area contributed by atoms with Gasteiger partial charge in [0.25, 0.3) is 0 Å². The third-order valence-electron chi connectivity index (χ3n) is 9.36. The second-order valence-electron chi connectivity index (χ2n) is 14.3. The molecular weight excluding hydrogens is 795 g/mol. The molecule has 2 unspecified atom stereocenters. The number of hydrogen-bond donors (Lipinski definition) is 2. The number of alkyl carbamates (subject to hydrolysis) is 1. The summed E-state index contributed by atoms with van der Waals surface area (Å²) in [5.41, 5.74) is 0.634. The third-order valence-corrected chi connectivity index (χ3v) is 12.8. The number of carbonyl (C=O) groups excluding carboxylic acids is 2. The first-order valence-corrected chi connectivity index (χ1v) is 22.3. The lowest BCUT2D eigenvalue weighted by Gasteiger charge is -2.31. The Bertz CT molecular complexity index is 1930. The molecule has 2 aliphatic heterocycles. The van der Waals surface area contributed by atoms with Gasteiger partial charge in [0.15, 0.2) is 12.4 Å². The van der Waals surface area contributed by atoms with E-state index in [4.69, 9.17) is 37.5 Å². The van der Waals surface area contributed by atoms with E-state index in [0.717, 1.165) is 0 Å². The van der Waals surface area contributed by atoms with Gasteiger partial charge in [-0.2, -0.15) is 4.31 Å². The summed E-state index contributed by atoms with van der Waals surface area (Å²) in [5.74, 6) is 0.0863. The smallest absolute Gasteiger partial charge is 0.417 e. The number of carbonyl (C=O) groups is 2. The van der Waals surface area contributed by atoms with E-state index >= 15 is 0 Å². The molecule has 58 heavy (non-hydrogen) atoms. The number of nitrogens with one attached hydrogen (secondary N) is 1. The number of nitrogens with zero attached hydrogens (tertiary/aromatic N) is 1. The van der Waals surface area contributed by atoms with Gasteiger partial charge in [-0.15, -0.1) is 0 Å². The number of amides is 1. The quantitative estimate of drug-likeness (QED) is 0.103. The summed E-state index contributed by atoms with van der Waals surface area (Å²) >= 11 is 0. The number of para-hydroxylation sites is 1. The lowest BCUT2D eigenvalue weighted by molar-refractivity contribution is -0.150. The Morgan fingerprint density at radius 1 is 0.948 bits per heavy atom. The normalized spacial score (nSPS) is 20.4. The first-order valence-electron chi connectivity index (χ1n) is 19.1. The number of methoxy groups -OCH3 is 1. The number of benzene rings is 3. The number of sulfonamides is 1. The number of ether oxygens (including phenoxy) is 6. The van der Waals surface area contributed by atoms with Crippen LogP contribution < -0.4 is 19.3 Å². The van der Waals surface area contributed by atoms with Crippen LogP contribution in [0.5, 0.6) is 17.2 Å². The van der Waals surface area contributed by atoms with Crippen molar-refractivity contribution in [2.24, 2.45) is 11.8 Å². The molecule has 3 aromatic carbocycles. The maximum absolute atomic E-state index is 13.9. The number of hydrogen-bond acceptors (Lipinski definition) is 14. The highest BCUT2D eigenvalue weighted by molar-refractivity contribution is 7.89. The van der Waals surface area contributed by atoms with Gasteiger partial charge in [-0.05, 0) is 86.7 Å². The minimum atomic E-state index is -4.08. The van der Waals surface area contributed by atoms with Crippen molar-refractivity contribution in [2.45, 2.75) is 76.1 Å². The molecule has 0 saturated carbocycles. The van der Waals surface area contributed by atoms with E-state index in [1.807, 2.05) is 13.8 Å². The van der Waals surface area contributed by atoms with Gasteiger partial charge in [0.05, 0.1) is 49.9 Å². The van der Waals surface area contributed by atoms with Gasteiger partial charge in [0.1, 0.15) is 23.4 Å². The predicted molar refractivity (Wildman–Crippen MR) is 211 cm³/mol. The lowest BCUT2D eigenvalue weighted by Crippen LogP contribution is -2.51. The van der Waals surface area contributed by atoms with E-state index in [1.54, 1.807) is 73.7 Å². The predicted octanol–water partition coefficient (Wildman–Crippen LogP) is 5.38. The van der Waals surface area contributed by atoms with Gasteiger partial charge in [-0.25, -0.2) is 22.6 Å². The molecule has 7 atom stereocenters. The van der Waals surface area contributed by atoms with E-state index in [-0.39, 0.29) is 61.0 Å². The number of fused-ring (bicyclic) bond motifs is 1. The summed E-state index contributed by atoms with van der Waals surface area (Å²) in [6, 6.07) is 19.8. The van der Waals surface area contributed by atoms with Crippen LogP contribution in [0, 0.1) is 11.8 Å². The topological polar surface area (TPSA) is 195 Å². The lowest BCUT2D eigenvalue weighted by atomic mass is 10.0. The third kappa shape index (κ3) is 12.4. The zero-order valence-corrected chi connectivity index (χ0v) is 35.0. The Kier molecular flexibility index (Phi) is 16.0. The molecule has 0 aromatic heterocycles. The average Bonchev–Trinajstić information content (AvgIpc) is 3.82. The fourth-order valence-electron chi connectivity index (χ4n) is 6.46. The summed E-state index contributed by atoms with van der Waals surface area (Å²) in [4.78, 5) is 25.7. The van der Waals surface area contributed by atoms with Crippen molar-refractivity contribution in [3.63, 3.8) is 0 Å². The van der Waals surface area contributed by atoms with E-state index in [2.05, 4.69) is 5.32 Å². The molecule has 0 bridgehead atoms. The fourth-order valence-corrected chi connectivity index (χ4v) is 9.55. The molecule has 2 fully saturated rings. The summed E-state index contributed by atoms with van der Waals surface area (Å²) in [6.07, 6.45) is -4.23. The molecule has 18 heteroatoms. The number of aliphatic hydroxyl groups excluding tert-OH is 1. The van der Waals surface area contributed by atoms with Crippen molar-refractivity contribution < 1.29 is 65.1 Å². The van der Waals surface area contributed by atoms with Crippen molar-refractivity contribution in [1.29, 1.82) is 0 Å². The largest absolute Gasteiger partial charge is 0.497 e. The Balaban J connectivity index is 1.32. The van der Waals surface area contributed by atoms with E-state index in [0.29, 0.717) is 24.3 Å². The molecule has 16 nitrogen and oxygen atoms in total. The van der Waals surface area contributed by atoms with Crippen LogP contribution >= 0.6 is 7.60 Å². The van der Waals surface area contributed by atoms with Crippen LogP contribution in [0.3, 0.4) is 0 Å². The fraction of sp³-hybridized carbons (Fsp3) is 0.500. The minimum Gasteiger partial charge on any atom is -0.497 e. The number of aliphatic hydroxyl groups is 1. The van der Waals surface area contributed by atoms with E-state index < -0.39 is 66.7 Å². The van der Waals surface area contributed by atoms with Crippen molar-refractivity contribution >= 4 is 29.7 Å². The first-order chi connectivity index (χ1) is 27.7. The molecule has 2 saturated heterocycles. The zero-order valence-electron chi connectivity index (χ0n) is 33.3. The van der Waals surface area contributed by atoms with Crippen LogP contribution in [-0.4, -0.2) is 107 Å². The van der Waals surface area contributed by atoms with Gasteiger partial charge in [-0.1, -0.05) is 44.2 Å². The Morgan fingerprint density at radius 3 is 2.29 bits per heavy atom. The monoisotopic (exact) mass is 848 g/mol. The molecule has 0 aliphatic carbocycles. The van der Waals surface area contributed by atoms with Crippen molar-refractivity contribution in [3.8, 4) is 17.2 Å². The average molecular weight is 849 g/mol. The van der Waals surface area contributed by atoms with Gasteiger partial charge in [0, 0.05) is 13.1 Å². The van der Waals surface area contributed by atoms with Crippen molar-refractivity contribution in [3.05, 3.63) is 84.4 Å². The van der Waals surface area contributed by atoms with Gasteiger partial charge in [-0.3, -0.25) is 4.52 Å². The summed E-state index contributed by atoms with van der Waals surface area (Å²) < 4.78 is 87.1. The summed E-state index contributed by atoms with van der Waals surface area (Å²) in [6.45, 7) is 7.29. The minimum absolute atomic E-state index is 0.0229. The van der Waals surface area contributed by atoms with Gasteiger partial charge < -0.3 is 43.4 Å². The SMILES string of the molecule is CCOC(=O)[C@H](C)OP(=O)(COc1ccc(C[C@H](NC(=O)O[C@H]2CO[C@H]3OCCC32)[C@H](O)CN(CC(C)C)S(=O)(=O)c2ccc(OC)cc2)cc1)Oc1ccccc1. The second kappa shape index (κ2) is 20.7. The molecule has 2 N–H and O–H groups in total. The van der Waals surface area contributed by atoms with E-state index in [1.165, 1.54) is 30.5 Å². The van der Waals surface area contributed by atoms with Crippen molar-refractivity contribution in [2.75, 3.05) is 46.4 Å². The molecule has 0 spiro atoms.